The summed E-state index contributed by atoms with van der Waals surface area (Å²) in [5.41, 5.74) is 0. The van der Waals surface area contributed by atoms with Gasteiger partial charge in [-0.25, -0.2) is 0 Å². The van der Waals surface area contributed by atoms with Gasteiger partial charge < -0.3 is 4.90 Å². The first-order chi connectivity index (χ1) is 6.52. The molecule has 0 unspecified atom stereocenters. The Kier molecular flexibility index (Phi) is 3.67. The van der Waals surface area contributed by atoms with Gasteiger partial charge in [0.25, 0.3) is 0 Å². The molecule has 0 radical (unpaired) electrons. The zero-order valence-electron chi connectivity index (χ0n) is 9.25. The Morgan fingerprint density at radius 1 is 1.21 bits per heavy atom. The van der Waals surface area contributed by atoms with E-state index in [0.29, 0.717) is 12.1 Å². The molecule has 0 bridgehead atoms. The molecule has 1 aliphatic rings. The Hall–Kier alpha value is -0.860. The minimum absolute atomic E-state index is 0.00259. The van der Waals surface area contributed by atoms with Gasteiger partial charge in [-0.1, -0.05) is 0 Å². The molecule has 3 nitrogen and oxygen atoms in total. The molecule has 2 atom stereocenters. The number of amides is 1. The molecule has 1 amide bonds. The number of piperidine rings is 1. The first-order valence-corrected chi connectivity index (χ1v) is 5.33. The first kappa shape index (κ1) is 11.2. The van der Waals surface area contributed by atoms with E-state index in [1.165, 1.54) is 13.3 Å². The van der Waals surface area contributed by atoms with Crippen molar-refractivity contribution < 1.29 is 9.59 Å². The number of nitrogens with zero attached hydrogens (tertiary/aromatic N) is 1. The fourth-order valence-corrected chi connectivity index (χ4v) is 2.22. The van der Waals surface area contributed by atoms with E-state index in [2.05, 4.69) is 13.8 Å². The monoisotopic (exact) mass is 197 g/mol. The van der Waals surface area contributed by atoms with E-state index in [9.17, 15) is 9.59 Å². The maximum absolute atomic E-state index is 11.7. The van der Waals surface area contributed by atoms with Gasteiger partial charge in [-0.3, -0.25) is 9.59 Å². The van der Waals surface area contributed by atoms with Crippen molar-refractivity contribution in [1.82, 2.24) is 4.90 Å². The highest BCUT2D eigenvalue weighted by atomic mass is 16.2. The van der Waals surface area contributed by atoms with Crippen molar-refractivity contribution in [3.63, 3.8) is 0 Å². The molecule has 1 fully saturated rings. The van der Waals surface area contributed by atoms with Gasteiger partial charge >= 0.3 is 0 Å². The predicted octanol–water partition coefficient (Wildman–Crippen LogP) is 1.75. The molecule has 1 saturated heterocycles. The van der Waals surface area contributed by atoms with Crippen LogP contribution in [0, 0.1) is 0 Å². The third kappa shape index (κ3) is 2.56. The fraction of sp³-hybridized carbons (Fsp3) is 0.818. The third-order valence-electron chi connectivity index (χ3n) is 2.88. The summed E-state index contributed by atoms with van der Waals surface area (Å²) in [6.45, 7) is 5.60. The molecule has 0 aliphatic carbocycles. The number of carbonyl (C=O) groups is 2. The third-order valence-corrected chi connectivity index (χ3v) is 2.88. The van der Waals surface area contributed by atoms with Crippen LogP contribution in [0.1, 0.15) is 46.5 Å². The van der Waals surface area contributed by atoms with Crippen LogP contribution in [-0.4, -0.2) is 28.7 Å². The SMILES string of the molecule is CC(=O)CC(=O)N1[C@H](C)CCC[C@H]1C. The summed E-state index contributed by atoms with van der Waals surface area (Å²) in [6, 6.07) is 0.594. The van der Waals surface area contributed by atoms with Crippen molar-refractivity contribution in [2.45, 2.75) is 58.5 Å². The Morgan fingerprint density at radius 3 is 2.14 bits per heavy atom. The number of hydrogen-bond acceptors (Lipinski definition) is 2. The van der Waals surface area contributed by atoms with Crippen LogP contribution in [0.25, 0.3) is 0 Å². The molecule has 1 heterocycles. The minimum atomic E-state index is -0.0417. The van der Waals surface area contributed by atoms with Crippen LogP contribution < -0.4 is 0 Å². The van der Waals surface area contributed by atoms with Gasteiger partial charge in [0.1, 0.15) is 5.78 Å². The second-order valence-corrected chi connectivity index (χ2v) is 4.31. The van der Waals surface area contributed by atoms with E-state index >= 15 is 0 Å². The summed E-state index contributed by atoms with van der Waals surface area (Å²) in [4.78, 5) is 24.5. The van der Waals surface area contributed by atoms with Crippen LogP contribution in [0.5, 0.6) is 0 Å². The molecule has 0 aromatic heterocycles. The quantitative estimate of drug-likeness (QED) is 0.632. The zero-order chi connectivity index (χ0) is 10.7. The van der Waals surface area contributed by atoms with Gasteiger partial charge in [0.2, 0.25) is 5.91 Å². The van der Waals surface area contributed by atoms with E-state index in [-0.39, 0.29) is 18.1 Å². The summed E-state index contributed by atoms with van der Waals surface area (Å²) in [5.74, 6) is -0.0443. The van der Waals surface area contributed by atoms with E-state index in [1.807, 2.05) is 4.90 Å². The lowest BCUT2D eigenvalue weighted by atomic mass is 9.97. The highest BCUT2D eigenvalue weighted by molar-refractivity contribution is 5.97. The smallest absolute Gasteiger partial charge is 0.230 e. The van der Waals surface area contributed by atoms with Crippen molar-refractivity contribution in [2.24, 2.45) is 0 Å². The molecule has 14 heavy (non-hydrogen) atoms. The fourth-order valence-electron chi connectivity index (χ4n) is 2.22. The number of carbonyl (C=O) groups excluding carboxylic acids is 2. The van der Waals surface area contributed by atoms with Crippen LogP contribution in [0.2, 0.25) is 0 Å². The van der Waals surface area contributed by atoms with Crippen molar-refractivity contribution in [3.05, 3.63) is 0 Å². The van der Waals surface area contributed by atoms with Gasteiger partial charge in [0.15, 0.2) is 0 Å². The largest absolute Gasteiger partial charge is 0.337 e. The summed E-state index contributed by atoms with van der Waals surface area (Å²) in [7, 11) is 0. The van der Waals surface area contributed by atoms with Gasteiger partial charge in [0, 0.05) is 12.1 Å². The van der Waals surface area contributed by atoms with Crippen LogP contribution in [0.3, 0.4) is 0 Å². The molecule has 0 aromatic carbocycles. The Balaban J connectivity index is 2.62. The predicted molar refractivity (Wildman–Crippen MR) is 54.9 cm³/mol. The average molecular weight is 197 g/mol. The number of rotatable bonds is 2. The van der Waals surface area contributed by atoms with Crippen LogP contribution in [0.15, 0.2) is 0 Å². The van der Waals surface area contributed by atoms with E-state index in [0.717, 1.165) is 12.8 Å². The standard InChI is InChI=1S/C11H19NO2/c1-8-5-4-6-9(2)12(8)11(14)7-10(3)13/h8-9H,4-7H2,1-3H3/t8-,9-/m1/s1. The number of hydrogen-bond donors (Lipinski definition) is 0. The van der Waals surface area contributed by atoms with E-state index < -0.39 is 0 Å². The number of ketones is 1. The van der Waals surface area contributed by atoms with Crippen molar-refractivity contribution in [1.29, 1.82) is 0 Å². The molecule has 0 saturated carbocycles. The minimum Gasteiger partial charge on any atom is -0.337 e. The summed E-state index contributed by atoms with van der Waals surface area (Å²) < 4.78 is 0. The molecule has 80 valence electrons. The second-order valence-electron chi connectivity index (χ2n) is 4.31. The number of Topliss-reactive ketones (excluding diaryl/α,β-unsaturated/α-hetero) is 1. The Morgan fingerprint density at radius 2 is 1.71 bits per heavy atom. The lowest BCUT2D eigenvalue weighted by Gasteiger charge is -2.39. The average Bonchev–Trinajstić information content (AvgIpc) is 2.01. The molecule has 0 N–H and O–H groups in total. The summed E-state index contributed by atoms with van der Waals surface area (Å²) in [6.07, 6.45) is 3.38. The maximum Gasteiger partial charge on any atom is 0.230 e. The first-order valence-electron chi connectivity index (χ1n) is 5.33. The highest BCUT2D eigenvalue weighted by Gasteiger charge is 2.28. The normalized spacial score (nSPS) is 27.5. The Bertz CT molecular complexity index is 227. The maximum atomic E-state index is 11.7. The van der Waals surface area contributed by atoms with Gasteiger partial charge in [0.05, 0.1) is 6.42 Å². The zero-order valence-corrected chi connectivity index (χ0v) is 9.25. The van der Waals surface area contributed by atoms with Crippen molar-refractivity contribution in [2.75, 3.05) is 0 Å². The molecule has 1 aliphatic heterocycles. The lowest BCUT2D eigenvalue weighted by Crippen LogP contribution is -2.47. The van der Waals surface area contributed by atoms with Crippen LogP contribution in [0.4, 0.5) is 0 Å². The van der Waals surface area contributed by atoms with Crippen LogP contribution in [-0.2, 0) is 9.59 Å². The van der Waals surface area contributed by atoms with Crippen LogP contribution >= 0.6 is 0 Å². The van der Waals surface area contributed by atoms with Crippen molar-refractivity contribution >= 4 is 11.7 Å². The van der Waals surface area contributed by atoms with E-state index in [1.54, 1.807) is 0 Å². The molecular weight excluding hydrogens is 178 g/mol. The molecule has 0 aromatic rings. The lowest BCUT2D eigenvalue weighted by molar-refractivity contribution is -0.139. The molecule has 1 rings (SSSR count). The Labute approximate surface area is 85.5 Å². The molecular formula is C11H19NO2. The number of likely N-dealkylation sites (tertiary alicyclic amines) is 1. The van der Waals surface area contributed by atoms with Gasteiger partial charge in [-0.15, -0.1) is 0 Å². The molecule has 0 spiro atoms. The van der Waals surface area contributed by atoms with Gasteiger partial charge in [-0.2, -0.15) is 0 Å². The molecule has 3 heteroatoms. The summed E-state index contributed by atoms with van der Waals surface area (Å²) >= 11 is 0. The van der Waals surface area contributed by atoms with E-state index in [4.69, 9.17) is 0 Å². The highest BCUT2D eigenvalue weighted by Crippen LogP contribution is 2.23. The van der Waals surface area contributed by atoms with Gasteiger partial charge in [-0.05, 0) is 40.0 Å². The van der Waals surface area contributed by atoms with Crippen molar-refractivity contribution in [3.8, 4) is 0 Å². The topological polar surface area (TPSA) is 37.4 Å². The summed E-state index contributed by atoms with van der Waals surface area (Å²) in [5, 5.41) is 0. The second kappa shape index (κ2) is 4.58.